The van der Waals surface area contributed by atoms with Crippen LogP contribution >= 0.6 is 12.4 Å². The first-order valence-corrected chi connectivity index (χ1v) is 13.5. The summed E-state index contributed by atoms with van der Waals surface area (Å²) in [5.41, 5.74) is 13.1. The number of hydrogen-bond donors (Lipinski definition) is 2. The summed E-state index contributed by atoms with van der Waals surface area (Å²) < 4.78 is 0. The summed E-state index contributed by atoms with van der Waals surface area (Å²) in [5, 5.41) is 0. The summed E-state index contributed by atoms with van der Waals surface area (Å²) in [5.74, 6) is 1.09. The van der Waals surface area contributed by atoms with Crippen LogP contribution in [-0.4, -0.2) is 60.9 Å². The molecule has 2 aliphatic rings. The molecule has 2 aromatic carbocycles. The smallest absolute Gasteiger partial charge is 0.233 e. The second-order valence-electron chi connectivity index (χ2n) is 9.90. The van der Waals surface area contributed by atoms with Gasteiger partial charge in [-0.05, 0) is 76.6 Å². The zero-order valence-electron chi connectivity index (χ0n) is 22.9. The Morgan fingerprint density at radius 3 is 1.19 bits per heavy atom. The maximum absolute atomic E-state index is 12.7. The zero-order chi connectivity index (χ0) is 26.3. The van der Waals surface area contributed by atoms with Crippen molar-refractivity contribution >= 4 is 24.2 Å². The summed E-state index contributed by atoms with van der Waals surface area (Å²) in [6.07, 6.45) is 1.78. The van der Waals surface area contributed by atoms with E-state index in [1.807, 2.05) is 73.9 Å². The van der Waals surface area contributed by atoms with Crippen LogP contribution in [0.1, 0.15) is 51.7 Å². The van der Waals surface area contributed by atoms with Crippen LogP contribution in [0.3, 0.4) is 0 Å². The molecule has 0 saturated heterocycles. The van der Waals surface area contributed by atoms with E-state index in [-0.39, 0.29) is 35.1 Å². The van der Waals surface area contributed by atoms with Crippen molar-refractivity contribution < 1.29 is 9.59 Å². The van der Waals surface area contributed by atoms with E-state index >= 15 is 0 Å². The number of carbonyl (C=O) groups is 2. The van der Waals surface area contributed by atoms with E-state index in [4.69, 9.17) is 11.5 Å². The number of nitrogens with two attached hydrogens (primary N) is 2. The average Bonchev–Trinajstić information content (AvgIpc) is 3.85. The fourth-order valence-corrected chi connectivity index (χ4v) is 5.76. The van der Waals surface area contributed by atoms with Gasteiger partial charge in [-0.1, -0.05) is 60.7 Å². The highest BCUT2D eigenvalue weighted by Gasteiger charge is 2.61. The molecule has 2 aliphatic carbocycles. The summed E-state index contributed by atoms with van der Waals surface area (Å²) in [4.78, 5) is 29.3. The van der Waals surface area contributed by atoms with Crippen LogP contribution in [-0.2, 0) is 20.4 Å². The molecule has 4 N–H and O–H groups in total. The zero-order valence-corrected chi connectivity index (χ0v) is 23.7. The standard InChI is InChI=1S/2C15H22N2O.ClH/c2*1-3-17(4-2)14(18)15(10-13(15)11-16)12-8-6-5-7-9-12;/h2*5-9,13H,3-4,10-11,16H2,1-2H3;1H/t2*13-,15+;/m00./s1. The number of amides is 2. The molecule has 2 amide bonds. The highest BCUT2D eigenvalue weighted by atomic mass is 35.5. The van der Waals surface area contributed by atoms with E-state index in [1.54, 1.807) is 0 Å². The topological polar surface area (TPSA) is 92.7 Å². The second kappa shape index (κ2) is 13.4. The Hall–Kier alpha value is -2.41. The van der Waals surface area contributed by atoms with Gasteiger partial charge in [0.25, 0.3) is 0 Å². The molecule has 0 unspecified atom stereocenters. The predicted molar refractivity (Wildman–Crippen MR) is 154 cm³/mol. The third kappa shape index (κ3) is 5.87. The van der Waals surface area contributed by atoms with E-state index in [1.165, 1.54) is 0 Å². The molecule has 0 radical (unpaired) electrons. The lowest BCUT2D eigenvalue weighted by atomic mass is 9.91. The number of rotatable bonds is 10. The van der Waals surface area contributed by atoms with Crippen molar-refractivity contribution in [3.05, 3.63) is 71.8 Å². The Morgan fingerprint density at radius 2 is 0.973 bits per heavy atom. The summed E-state index contributed by atoms with van der Waals surface area (Å²) >= 11 is 0. The van der Waals surface area contributed by atoms with Crippen LogP contribution in [0.5, 0.6) is 0 Å². The van der Waals surface area contributed by atoms with Crippen molar-refractivity contribution in [1.82, 2.24) is 9.80 Å². The molecular formula is C30H45ClN4O2. The molecule has 0 aromatic heterocycles. The normalized spacial score (nSPS) is 25.1. The van der Waals surface area contributed by atoms with Gasteiger partial charge in [-0.25, -0.2) is 0 Å². The first kappa shape index (κ1) is 30.8. The molecule has 0 spiro atoms. The Balaban J connectivity index is 0.000000253. The molecule has 2 fully saturated rings. The van der Waals surface area contributed by atoms with Crippen molar-refractivity contribution in [1.29, 1.82) is 0 Å². The molecule has 4 rings (SSSR count). The summed E-state index contributed by atoms with van der Waals surface area (Å²) in [6.45, 7) is 12.3. The van der Waals surface area contributed by atoms with Crippen LogP contribution in [0.2, 0.25) is 0 Å². The Labute approximate surface area is 229 Å². The molecule has 6 nitrogen and oxygen atoms in total. The minimum atomic E-state index is -0.345. The van der Waals surface area contributed by atoms with E-state index in [0.717, 1.165) is 50.1 Å². The van der Waals surface area contributed by atoms with Gasteiger partial charge in [0.15, 0.2) is 0 Å². The van der Waals surface area contributed by atoms with Gasteiger partial charge < -0.3 is 21.3 Å². The van der Waals surface area contributed by atoms with E-state index < -0.39 is 0 Å². The molecule has 2 aromatic rings. The molecular weight excluding hydrogens is 484 g/mol. The number of hydrogen-bond acceptors (Lipinski definition) is 4. The number of nitrogens with zero attached hydrogens (tertiary/aromatic N) is 2. The average molecular weight is 529 g/mol. The Kier molecular flexibility index (Phi) is 11.2. The quantitative estimate of drug-likeness (QED) is 0.488. The van der Waals surface area contributed by atoms with Crippen LogP contribution in [0, 0.1) is 11.8 Å². The van der Waals surface area contributed by atoms with Crippen LogP contribution < -0.4 is 11.5 Å². The van der Waals surface area contributed by atoms with Crippen molar-refractivity contribution in [3.63, 3.8) is 0 Å². The molecule has 0 aliphatic heterocycles. The van der Waals surface area contributed by atoms with Crippen molar-refractivity contribution in [2.24, 2.45) is 23.3 Å². The predicted octanol–water partition coefficient (Wildman–Crippen LogP) is 3.96. The fraction of sp³-hybridized carbons (Fsp3) is 0.533. The van der Waals surface area contributed by atoms with Gasteiger partial charge in [-0.3, -0.25) is 9.59 Å². The van der Waals surface area contributed by atoms with Crippen LogP contribution in [0.25, 0.3) is 0 Å². The molecule has 204 valence electrons. The van der Waals surface area contributed by atoms with E-state index in [0.29, 0.717) is 24.9 Å². The Bertz CT molecular complexity index is 916. The van der Waals surface area contributed by atoms with Crippen molar-refractivity contribution in [2.45, 2.75) is 51.4 Å². The molecule has 0 bridgehead atoms. The third-order valence-corrected chi connectivity index (χ3v) is 8.22. The number of benzene rings is 2. The first-order valence-electron chi connectivity index (χ1n) is 13.5. The number of carbonyl (C=O) groups excluding carboxylic acids is 2. The monoisotopic (exact) mass is 528 g/mol. The number of likely N-dealkylation sites (N-methyl/N-ethyl adjacent to an activating group) is 2. The third-order valence-electron chi connectivity index (χ3n) is 8.22. The van der Waals surface area contributed by atoms with Gasteiger partial charge in [0, 0.05) is 26.2 Å². The molecule has 2 saturated carbocycles. The maximum atomic E-state index is 12.7. The fourth-order valence-electron chi connectivity index (χ4n) is 5.76. The van der Waals surface area contributed by atoms with Gasteiger partial charge in [0.1, 0.15) is 0 Å². The Morgan fingerprint density at radius 1 is 0.676 bits per heavy atom. The SMILES string of the molecule is CCN(CC)C(=O)[C@@]1(c2ccccc2)C[C@H]1CN.CCN(CC)C(=O)[C@@]1(c2ccccc2)C[C@H]1CN.Cl. The highest BCUT2D eigenvalue weighted by molar-refractivity contribution is 5.92. The van der Waals surface area contributed by atoms with E-state index in [9.17, 15) is 9.59 Å². The van der Waals surface area contributed by atoms with Gasteiger partial charge in [0.05, 0.1) is 10.8 Å². The van der Waals surface area contributed by atoms with Crippen LogP contribution in [0.15, 0.2) is 60.7 Å². The highest BCUT2D eigenvalue weighted by Crippen LogP contribution is 2.55. The first-order chi connectivity index (χ1) is 17.4. The lowest BCUT2D eigenvalue weighted by Gasteiger charge is -2.26. The van der Waals surface area contributed by atoms with Gasteiger partial charge in [-0.2, -0.15) is 0 Å². The lowest BCUT2D eigenvalue weighted by Crippen LogP contribution is -2.40. The molecule has 4 atom stereocenters. The van der Waals surface area contributed by atoms with Gasteiger partial charge in [-0.15, -0.1) is 12.4 Å². The lowest BCUT2D eigenvalue weighted by molar-refractivity contribution is -0.134. The number of halogens is 1. The van der Waals surface area contributed by atoms with E-state index in [2.05, 4.69) is 24.3 Å². The molecule has 37 heavy (non-hydrogen) atoms. The van der Waals surface area contributed by atoms with Crippen molar-refractivity contribution in [2.75, 3.05) is 39.3 Å². The summed E-state index contributed by atoms with van der Waals surface area (Å²) in [7, 11) is 0. The largest absolute Gasteiger partial charge is 0.342 e. The minimum Gasteiger partial charge on any atom is -0.342 e. The summed E-state index contributed by atoms with van der Waals surface area (Å²) in [6, 6.07) is 20.2. The maximum Gasteiger partial charge on any atom is 0.233 e. The van der Waals surface area contributed by atoms with Gasteiger partial charge in [0.2, 0.25) is 11.8 Å². The van der Waals surface area contributed by atoms with Crippen molar-refractivity contribution in [3.8, 4) is 0 Å². The van der Waals surface area contributed by atoms with Gasteiger partial charge >= 0.3 is 0 Å². The van der Waals surface area contributed by atoms with Crippen LogP contribution in [0.4, 0.5) is 0 Å². The minimum absolute atomic E-state index is 0. The second-order valence-corrected chi connectivity index (χ2v) is 9.90. The molecule has 0 heterocycles. The molecule has 7 heteroatoms.